The number of carbonyl (C=O) groups excluding carboxylic acids is 1. The van der Waals surface area contributed by atoms with Crippen molar-refractivity contribution in [2.45, 2.75) is 19.4 Å². The van der Waals surface area contributed by atoms with Crippen molar-refractivity contribution in [2.24, 2.45) is 0 Å². The standard InChI is InChI=1S/C14H15NO4S/c1-10(8-9-16)15(20(18)19)13-7-6-11-4-2-3-5-12(11)14(13)17/h2-7,9-10,17H,8H2,1H3,(H,18,19). The quantitative estimate of drug-likeness (QED) is 0.655. The van der Waals surface area contributed by atoms with Gasteiger partial charge in [0.25, 0.3) is 11.3 Å². The lowest BCUT2D eigenvalue weighted by molar-refractivity contribution is -0.108. The summed E-state index contributed by atoms with van der Waals surface area (Å²) in [5, 5.41) is 11.7. The average Bonchev–Trinajstić information content (AvgIpc) is 2.42. The van der Waals surface area contributed by atoms with Crippen LogP contribution >= 0.6 is 0 Å². The molecule has 0 spiro atoms. The molecule has 0 bridgehead atoms. The van der Waals surface area contributed by atoms with Gasteiger partial charge in [0, 0.05) is 17.8 Å². The number of nitrogens with zero attached hydrogens (tertiary/aromatic N) is 1. The number of benzene rings is 2. The van der Waals surface area contributed by atoms with E-state index >= 15 is 0 Å². The Balaban J connectivity index is 2.56. The smallest absolute Gasteiger partial charge is 0.262 e. The second-order valence-corrected chi connectivity index (χ2v) is 5.32. The van der Waals surface area contributed by atoms with E-state index in [1.165, 1.54) is 0 Å². The molecule has 2 aromatic rings. The van der Waals surface area contributed by atoms with Crippen molar-refractivity contribution in [3.63, 3.8) is 0 Å². The topological polar surface area (TPSA) is 77.8 Å². The number of anilines is 1. The molecule has 6 heteroatoms. The maximum Gasteiger partial charge on any atom is 0.262 e. The number of rotatable bonds is 5. The number of aromatic hydroxyl groups is 1. The van der Waals surface area contributed by atoms with Gasteiger partial charge in [0.15, 0.2) is 0 Å². The summed E-state index contributed by atoms with van der Waals surface area (Å²) < 4.78 is 22.1. The van der Waals surface area contributed by atoms with Crippen molar-refractivity contribution in [3.05, 3.63) is 36.4 Å². The van der Waals surface area contributed by atoms with Crippen LogP contribution in [0.15, 0.2) is 36.4 Å². The zero-order chi connectivity index (χ0) is 14.7. The largest absolute Gasteiger partial charge is 0.505 e. The highest BCUT2D eigenvalue weighted by atomic mass is 32.2. The minimum atomic E-state index is -2.32. The molecule has 0 saturated heterocycles. The number of carbonyl (C=O) groups is 1. The molecule has 106 valence electrons. The molecule has 0 amide bonds. The van der Waals surface area contributed by atoms with Crippen LogP contribution in [0.25, 0.3) is 10.8 Å². The van der Waals surface area contributed by atoms with E-state index in [-0.39, 0.29) is 17.9 Å². The third-order valence-electron chi connectivity index (χ3n) is 3.12. The van der Waals surface area contributed by atoms with Crippen LogP contribution in [-0.4, -0.2) is 26.2 Å². The molecule has 2 atom stereocenters. The van der Waals surface area contributed by atoms with Gasteiger partial charge in [0.1, 0.15) is 12.0 Å². The van der Waals surface area contributed by atoms with E-state index in [2.05, 4.69) is 0 Å². The van der Waals surface area contributed by atoms with E-state index in [9.17, 15) is 18.7 Å². The summed E-state index contributed by atoms with van der Waals surface area (Å²) in [5.74, 6) is -0.0664. The summed E-state index contributed by atoms with van der Waals surface area (Å²) in [6.07, 6.45) is 0.779. The van der Waals surface area contributed by atoms with Crippen LogP contribution in [0.2, 0.25) is 0 Å². The first-order valence-corrected chi connectivity index (χ1v) is 7.17. The Morgan fingerprint density at radius 3 is 2.65 bits per heavy atom. The number of hydrogen-bond donors (Lipinski definition) is 2. The molecule has 20 heavy (non-hydrogen) atoms. The number of hydrogen-bond acceptors (Lipinski definition) is 3. The van der Waals surface area contributed by atoms with Crippen LogP contribution in [0.4, 0.5) is 5.69 Å². The highest BCUT2D eigenvalue weighted by Crippen LogP contribution is 2.36. The van der Waals surface area contributed by atoms with Crippen molar-refractivity contribution in [1.82, 2.24) is 0 Å². The van der Waals surface area contributed by atoms with Crippen molar-refractivity contribution < 1.29 is 18.7 Å². The summed E-state index contributed by atoms with van der Waals surface area (Å²) in [6, 6.07) is 10.0. The number of phenolic OH excluding ortho intramolecular Hbond substituents is 1. The molecule has 0 aliphatic heterocycles. The van der Waals surface area contributed by atoms with Gasteiger partial charge in [-0.3, -0.25) is 8.86 Å². The fourth-order valence-electron chi connectivity index (χ4n) is 2.13. The Kier molecular flexibility index (Phi) is 4.36. The predicted octanol–water partition coefficient (Wildman–Crippen LogP) is 2.47. The maximum absolute atomic E-state index is 11.5. The molecule has 0 aromatic heterocycles. The molecule has 0 heterocycles. The molecular weight excluding hydrogens is 278 g/mol. The molecule has 2 unspecified atom stereocenters. The molecule has 0 radical (unpaired) electrons. The minimum Gasteiger partial charge on any atom is -0.505 e. The highest BCUT2D eigenvalue weighted by molar-refractivity contribution is 7.80. The molecule has 2 rings (SSSR count). The zero-order valence-electron chi connectivity index (χ0n) is 10.9. The van der Waals surface area contributed by atoms with Crippen molar-refractivity contribution >= 4 is 34.0 Å². The minimum absolute atomic E-state index is 0.0664. The lowest BCUT2D eigenvalue weighted by atomic mass is 10.1. The summed E-state index contributed by atoms with van der Waals surface area (Å²) in [6.45, 7) is 1.65. The molecule has 0 aliphatic rings. The zero-order valence-corrected chi connectivity index (χ0v) is 11.7. The van der Waals surface area contributed by atoms with Crippen LogP contribution in [0.3, 0.4) is 0 Å². The summed E-state index contributed by atoms with van der Waals surface area (Å²) in [4.78, 5) is 10.6. The molecule has 2 N–H and O–H groups in total. The summed E-state index contributed by atoms with van der Waals surface area (Å²) in [5.41, 5.74) is 0.235. The van der Waals surface area contributed by atoms with Gasteiger partial charge in [0.2, 0.25) is 0 Å². The Hall–Kier alpha value is -1.92. The fraction of sp³-hybridized carbons (Fsp3) is 0.214. The van der Waals surface area contributed by atoms with Gasteiger partial charge in [-0.05, 0) is 18.4 Å². The lowest BCUT2D eigenvalue weighted by Gasteiger charge is -2.26. The molecule has 0 saturated carbocycles. The van der Waals surface area contributed by atoms with Crippen LogP contribution in [0.5, 0.6) is 5.75 Å². The van der Waals surface area contributed by atoms with E-state index in [0.717, 1.165) is 9.69 Å². The molecule has 0 fully saturated rings. The van der Waals surface area contributed by atoms with Crippen LogP contribution in [-0.2, 0) is 16.1 Å². The average molecular weight is 293 g/mol. The van der Waals surface area contributed by atoms with E-state index in [4.69, 9.17) is 0 Å². The Bertz CT molecular complexity index is 659. The third-order valence-corrected chi connectivity index (χ3v) is 4.02. The first-order chi connectivity index (χ1) is 9.56. The van der Waals surface area contributed by atoms with Gasteiger partial charge < -0.3 is 9.90 Å². The first kappa shape index (κ1) is 14.5. The predicted molar refractivity (Wildman–Crippen MR) is 79.0 cm³/mol. The van der Waals surface area contributed by atoms with E-state index in [0.29, 0.717) is 11.7 Å². The Labute approximate surface area is 119 Å². The van der Waals surface area contributed by atoms with Crippen LogP contribution in [0.1, 0.15) is 13.3 Å². The van der Waals surface area contributed by atoms with Gasteiger partial charge in [-0.15, -0.1) is 0 Å². The van der Waals surface area contributed by atoms with Crippen LogP contribution in [0, 0.1) is 0 Å². The van der Waals surface area contributed by atoms with E-state index < -0.39 is 17.3 Å². The van der Waals surface area contributed by atoms with Gasteiger partial charge in [-0.25, -0.2) is 4.21 Å². The van der Waals surface area contributed by atoms with Gasteiger partial charge in [-0.1, -0.05) is 30.3 Å². The Morgan fingerprint density at radius 1 is 1.30 bits per heavy atom. The van der Waals surface area contributed by atoms with Gasteiger partial charge in [0.05, 0.1) is 5.69 Å². The number of aldehydes is 1. The van der Waals surface area contributed by atoms with Crippen molar-refractivity contribution in [1.29, 1.82) is 0 Å². The molecule has 0 aliphatic carbocycles. The normalized spacial score (nSPS) is 13.9. The molecule has 2 aromatic carbocycles. The highest BCUT2D eigenvalue weighted by Gasteiger charge is 2.23. The number of fused-ring (bicyclic) bond motifs is 1. The van der Waals surface area contributed by atoms with Gasteiger partial charge >= 0.3 is 0 Å². The maximum atomic E-state index is 11.5. The Morgan fingerprint density at radius 2 is 2.00 bits per heavy atom. The third kappa shape index (κ3) is 2.66. The molecular formula is C14H15NO4S. The second-order valence-electron chi connectivity index (χ2n) is 4.46. The SMILES string of the molecule is CC(CC=O)N(c1ccc2ccccc2c1O)S(=O)O. The van der Waals surface area contributed by atoms with Gasteiger partial charge in [-0.2, -0.15) is 0 Å². The fourth-order valence-corrected chi connectivity index (χ4v) is 2.84. The van der Waals surface area contributed by atoms with E-state index in [1.54, 1.807) is 31.2 Å². The lowest BCUT2D eigenvalue weighted by Crippen LogP contribution is -2.34. The monoisotopic (exact) mass is 293 g/mol. The van der Waals surface area contributed by atoms with Crippen molar-refractivity contribution in [3.8, 4) is 5.75 Å². The second kappa shape index (κ2) is 6.02. The van der Waals surface area contributed by atoms with Crippen LogP contribution < -0.4 is 4.31 Å². The molecule has 5 nitrogen and oxygen atoms in total. The summed E-state index contributed by atoms with van der Waals surface area (Å²) >= 11 is -2.32. The van der Waals surface area contributed by atoms with E-state index in [1.807, 2.05) is 12.1 Å². The number of phenols is 1. The summed E-state index contributed by atoms with van der Waals surface area (Å²) in [7, 11) is 0. The van der Waals surface area contributed by atoms with Crippen molar-refractivity contribution in [2.75, 3.05) is 4.31 Å². The first-order valence-electron chi connectivity index (χ1n) is 6.10.